The minimum Gasteiger partial charge on any atom is -0.330 e. The summed E-state index contributed by atoms with van der Waals surface area (Å²) in [6.07, 6.45) is 4.76. The van der Waals surface area contributed by atoms with E-state index in [1.807, 2.05) is 12.1 Å². The van der Waals surface area contributed by atoms with Gasteiger partial charge in [0.25, 0.3) is 0 Å². The highest BCUT2D eigenvalue weighted by atomic mass is 35.5. The van der Waals surface area contributed by atoms with Crippen LogP contribution >= 0.6 is 23.2 Å². The lowest BCUT2D eigenvalue weighted by molar-refractivity contribution is 0.295. The summed E-state index contributed by atoms with van der Waals surface area (Å²) in [5.41, 5.74) is 7.51. The average molecular weight is 272 g/mol. The highest BCUT2D eigenvalue weighted by molar-refractivity contribution is 6.42. The van der Waals surface area contributed by atoms with Gasteiger partial charge < -0.3 is 5.73 Å². The first-order valence-electron chi connectivity index (χ1n) is 6.19. The summed E-state index contributed by atoms with van der Waals surface area (Å²) in [6, 6.07) is 5.92. The molecule has 94 valence electrons. The third-order valence-corrected chi connectivity index (χ3v) is 4.68. The lowest BCUT2D eigenvalue weighted by Crippen LogP contribution is -2.30. The van der Waals surface area contributed by atoms with Crippen LogP contribution in [0.2, 0.25) is 10.0 Å². The first-order valence-corrected chi connectivity index (χ1v) is 6.94. The normalized spacial score (nSPS) is 28.6. The number of benzene rings is 1. The molecule has 1 aromatic rings. The van der Waals surface area contributed by atoms with Crippen molar-refractivity contribution in [2.24, 2.45) is 17.1 Å². The Labute approximate surface area is 113 Å². The van der Waals surface area contributed by atoms with Gasteiger partial charge in [-0.15, -0.1) is 0 Å². The Morgan fingerprint density at radius 3 is 2.65 bits per heavy atom. The molecule has 0 amide bonds. The Hall–Kier alpha value is -0.240. The zero-order chi connectivity index (χ0) is 12.5. The zero-order valence-corrected chi connectivity index (χ0v) is 11.7. The van der Waals surface area contributed by atoms with Crippen molar-refractivity contribution in [2.45, 2.75) is 32.6 Å². The second-order valence-corrected chi connectivity index (χ2v) is 6.29. The lowest BCUT2D eigenvalue weighted by atomic mass is 9.79. The maximum Gasteiger partial charge on any atom is 0.0595 e. The smallest absolute Gasteiger partial charge is 0.0595 e. The molecule has 2 N–H and O–H groups in total. The van der Waals surface area contributed by atoms with Crippen LogP contribution in [0.1, 0.15) is 31.7 Å². The van der Waals surface area contributed by atoms with Gasteiger partial charge in [0.05, 0.1) is 10.0 Å². The van der Waals surface area contributed by atoms with Crippen LogP contribution in [0.15, 0.2) is 18.2 Å². The van der Waals surface area contributed by atoms with Crippen LogP contribution in [0.5, 0.6) is 0 Å². The number of nitrogens with two attached hydrogens (primary N) is 1. The van der Waals surface area contributed by atoms with E-state index in [9.17, 15) is 0 Å². The molecule has 17 heavy (non-hydrogen) atoms. The summed E-state index contributed by atoms with van der Waals surface area (Å²) in [5.74, 6) is 0.793. The van der Waals surface area contributed by atoms with E-state index >= 15 is 0 Å². The molecule has 0 spiro atoms. The van der Waals surface area contributed by atoms with E-state index in [0.29, 0.717) is 10.0 Å². The molecule has 0 aliphatic heterocycles. The summed E-state index contributed by atoms with van der Waals surface area (Å²) in [5, 5.41) is 1.26. The van der Waals surface area contributed by atoms with E-state index in [4.69, 9.17) is 28.9 Å². The first kappa shape index (κ1) is 13.2. The Morgan fingerprint density at radius 2 is 2.12 bits per heavy atom. The van der Waals surface area contributed by atoms with Gasteiger partial charge in [-0.05, 0) is 54.8 Å². The van der Waals surface area contributed by atoms with Crippen molar-refractivity contribution < 1.29 is 0 Å². The fraction of sp³-hybridized carbons (Fsp3) is 0.571. The molecule has 0 heterocycles. The molecule has 1 nitrogen and oxygen atoms in total. The van der Waals surface area contributed by atoms with Crippen molar-refractivity contribution >= 4 is 23.2 Å². The van der Waals surface area contributed by atoms with Crippen LogP contribution < -0.4 is 5.73 Å². The molecule has 1 saturated carbocycles. The third kappa shape index (κ3) is 2.96. The van der Waals surface area contributed by atoms with E-state index in [-0.39, 0.29) is 5.41 Å². The Balaban J connectivity index is 2.16. The molecule has 1 aliphatic carbocycles. The zero-order valence-electron chi connectivity index (χ0n) is 10.2. The maximum absolute atomic E-state index is 6.05. The molecule has 1 aromatic carbocycles. The average Bonchev–Trinajstić information content (AvgIpc) is 2.66. The van der Waals surface area contributed by atoms with E-state index in [2.05, 4.69) is 13.0 Å². The number of hydrogen-bond donors (Lipinski definition) is 1. The molecule has 1 aliphatic rings. The summed E-state index contributed by atoms with van der Waals surface area (Å²) in [4.78, 5) is 0. The van der Waals surface area contributed by atoms with Crippen LogP contribution in [-0.2, 0) is 6.42 Å². The molecular weight excluding hydrogens is 253 g/mol. The first-order chi connectivity index (χ1) is 8.04. The van der Waals surface area contributed by atoms with Crippen LogP contribution in [0.3, 0.4) is 0 Å². The topological polar surface area (TPSA) is 26.0 Å². The van der Waals surface area contributed by atoms with Gasteiger partial charge in [-0.1, -0.05) is 42.6 Å². The number of halogens is 2. The van der Waals surface area contributed by atoms with Crippen molar-refractivity contribution in [1.82, 2.24) is 0 Å². The second kappa shape index (κ2) is 5.17. The van der Waals surface area contributed by atoms with Crippen molar-refractivity contribution in [3.8, 4) is 0 Å². The highest BCUT2D eigenvalue weighted by Crippen LogP contribution is 2.43. The molecule has 2 atom stereocenters. The molecule has 0 saturated heterocycles. The molecule has 0 aromatic heterocycles. The molecule has 3 heteroatoms. The van der Waals surface area contributed by atoms with E-state index in [1.165, 1.54) is 24.8 Å². The fourth-order valence-electron chi connectivity index (χ4n) is 3.00. The lowest BCUT2D eigenvalue weighted by Gasteiger charge is -2.28. The van der Waals surface area contributed by atoms with Crippen LogP contribution in [0.4, 0.5) is 0 Å². The second-order valence-electron chi connectivity index (χ2n) is 5.48. The van der Waals surface area contributed by atoms with Crippen LogP contribution in [-0.4, -0.2) is 6.54 Å². The van der Waals surface area contributed by atoms with E-state index in [0.717, 1.165) is 18.9 Å². The minimum atomic E-state index is 0.274. The number of hydrogen-bond acceptors (Lipinski definition) is 1. The molecular formula is C14H19Cl2N. The quantitative estimate of drug-likeness (QED) is 0.872. The van der Waals surface area contributed by atoms with Crippen LogP contribution in [0.25, 0.3) is 0 Å². The summed E-state index contributed by atoms with van der Waals surface area (Å²) >= 11 is 12.0. The van der Waals surface area contributed by atoms with Gasteiger partial charge in [0.2, 0.25) is 0 Å². The largest absolute Gasteiger partial charge is 0.330 e. The summed E-state index contributed by atoms with van der Waals surface area (Å²) in [7, 11) is 0. The predicted molar refractivity (Wildman–Crippen MR) is 74.7 cm³/mol. The van der Waals surface area contributed by atoms with Crippen molar-refractivity contribution in [3.05, 3.63) is 33.8 Å². The van der Waals surface area contributed by atoms with Gasteiger partial charge >= 0.3 is 0 Å². The standard InChI is InChI=1S/C14H19Cl2N/c1-10-4-5-14(7-10,9-17)8-11-2-3-12(15)13(16)6-11/h2-3,6,10H,4-5,7-9,17H2,1H3. The summed E-state index contributed by atoms with van der Waals surface area (Å²) in [6.45, 7) is 3.07. The van der Waals surface area contributed by atoms with Crippen LogP contribution in [0, 0.1) is 11.3 Å². The molecule has 0 radical (unpaired) electrons. The van der Waals surface area contributed by atoms with Gasteiger partial charge in [0, 0.05) is 0 Å². The monoisotopic (exact) mass is 271 g/mol. The molecule has 0 bridgehead atoms. The predicted octanol–water partition coefficient (Wildman–Crippen LogP) is 4.30. The van der Waals surface area contributed by atoms with Gasteiger partial charge in [0.15, 0.2) is 0 Å². The van der Waals surface area contributed by atoms with Crippen molar-refractivity contribution in [3.63, 3.8) is 0 Å². The van der Waals surface area contributed by atoms with Crippen molar-refractivity contribution in [2.75, 3.05) is 6.54 Å². The molecule has 2 unspecified atom stereocenters. The fourth-order valence-corrected chi connectivity index (χ4v) is 3.32. The Kier molecular flexibility index (Phi) is 4.02. The van der Waals surface area contributed by atoms with E-state index in [1.54, 1.807) is 0 Å². The van der Waals surface area contributed by atoms with Gasteiger partial charge in [0.1, 0.15) is 0 Å². The van der Waals surface area contributed by atoms with Gasteiger partial charge in [-0.3, -0.25) is 0 Å². The molecule has 1 fully saturated rings. The van der Waals surface area contributed by atoms with Gasteiger partial charge in [-0.25, -0.2) is 0 Å². The van der Waals surface area contributed by atoms with Crippen molar-refractivity contribution in [1.29, 1.82) is 0 Å². The Morgan fingerprint density at radius 1 is 1.35 bits per heavy atom. The number of rotatable bonds is 3. The highest BCUT2D eigenvalue weighted by Gasteiger charge is 2.36. The summed E-state index contributed by atoms with van der Waals surface area (Å²) < 4.78 is 0. The van der Waals surface area contributed by atoms with E-state index < -0.39 is 0 Å². The van der Waals surface area contributed by atoms with Gasteiger partial charge in [-0.2, -0.15) is 0 Å². The Bertz CT molecular complexity index is 405. The minimum absolute atomic E-state index is 0.274. The third-order valence-electron chi connectivity index (χ3n) is 3.95. The molecule has 2 rings (SSSR count). The SMILES string of the molecule is CC1CCC(CN)(Cc2ccc(Cl)c(Cl)c2)C1. The maximum atomic E-state index is 6.05.